The van der Waals surface area contributed by atoms with E-state index in [0.29, 0.717) is 12.5 Å². The number of aromatic nitrogens is 4. The first kappa shape index (κ1) is 20.6. The van der Waals surface area contributed by atoms with Crippen LogP contribution < -0.4 is 5.32 Å². The highest BCUT2D eigenvalue weighted by Crippen LogP contribution is 2.20. The van der Waals surface area contributed by atoms with Gasteiger partial charge < -0.3 is 14.6 Å². The molecule has 1 aliphatic rings. The van der Waals surface area contributed by atoms with Crippen molar-refractivity contribution in [3.63, 3.8) is 0 Å². The Labute approximate surface area is 182 Å². The lowest BCUT2D eigenvalue weighted by Gasteiger charge is -2.21. The van der Waals surface area contributed by atoms with Crippen LogP contribution >= 0.6 is 24.0 Å². The van der Waals surface area contributed by atoms with Crippen LogP contribution in [0.3, 0.4) is 0 Å². The lowest BCUT2D eigenvalue weighted by molar-refractivity contribution is 0.459. The van der Waals surface area contributed by atoms with Gasteiger partial charge in [-0.15, -0.1) is 24.0 Å². The summed E-state index contributed by atoms with van der Waals surface area (Å²) in [7, 11) is 3.82. The summed E-state index contributed by atoms with van der Waals surface area (Å²) in [5.41, 5.74) is 4.51. The Balaban J connectivity index is 0.00000225. The molecule has 1 fully saturated rings. The second-order valence-electron chi connectivity index (χ2n) is 7.36. The van der Waals surface area contributed by atoms with Crippen LogP contribution in [0.5, 0.6) is 0 Å². The topological polar surface area (TPSA) is 62.8 Å². The van der Waals surface area contributed by atoms with E-state index < -0.39 is 0 Å². The van der Waals surface area contributed by atoms with E-state index in [1.807, 2.05) is 37.1 Å². The number of aryl methyl sites for hydroxylation is 2. The number of pyridine rings is 1. The minimum atomic E-state index is 0. The van der Waals surface area contributed by atoms with Crippen molar-refractivity contribution in [3.05, 3.63) is 53.7 Å². The number of hydrogen-bond donors (Lipinski definition) is 1. The Kier molecular flexibility index (Phi) is 6.58. The molecule has 7 nitrogen and oxygen atoms in total. The van der Waals surface area contributed by atoms with Crippen molar-refractivity contribution < 1.29 is 0 Å². The van der Waals surface area contributed by atoms with Crippen molar-refractivity contribution in [1.82, 2.24) is 29.4 Å². The quantitative estimate of drug-likeness (QED) is 0.345. The zero-order valence-electron chi connectivity index (χ0n) is 16.7. The van der Waals surface area contributed by atoms with E-state index in [0.717, 1.165) is 36.8 Å². The molecule has 28 heavy (non-hydrogen) atoms. The average Bonchev–Trinajstić information content (AvgIpc) is 3.37. The summed E-state index contributed by atoms with van der Waals surface area (Å²) in [6.07, 6.45) is 8.44. The van der Waals surface area contributed by atoms with Crippen LogP contribution in [0.1, 0.15) is 23.4 Å². The van der Waals surface area contributed by atoms with Crippen molar-refractivity contribution in [2.75, 3.05) is 20.1 Å². The molecule has 150 valence electrons. The number of guanidine groups is 1. The van der Waals surface area contributed by atoms with Crippen molar-refractivity contribution in [3.8, 4) is 0 Å². The van der Waals surface area contributed by atoms with Crippen LogP contribution in [0.25, 0.3) is 5.65 Å². The lowest BCUT2D eigenvalue weighted by Crippen LogP contribution is -2.39. The molecule has 4 rings (SSSR count). The van der Waals surface area contributed by atoms with Crippen LogP contribution in [0.2, 0.25) is 0 Å². The molecule has 1 N–H and O–H groups in total. The Hall–Kier alpha value is -2.10. The first-order valence-corrected chi connectivity index (χ1v) is 9.49. The zero-order chi connectivity index (χ0) is 18.8. The largest absolute Gasteiger partial charge is 0.351 e. The Morgan fingerprint density at radius 3 is 2.89 bits per heavy atom. The molecule has 0 saturated carbocycles. The molecule has 0 aromatic carbocycles. The zero-order valence-corrected chi connectivity index (χ0v) is 19.0. The van der Waals surface area contributed by atoms with E-state index in [2.05, 4.69) is 50.1 Å². The third kappa shape index (κ3) is 4.48. The summed E-state index contributed by atoms with van der Waals surface area (Å²) >= 11 is 0. The smallest absolute Gasteiger partial charge is 0.193 e. The first-order valence-electron chi connectivity index (χ1n) is 9.49. The predicted octanol–water partition coefficient (Wildman–Crippen LogP) is 2.63. The third-order valence-electron chi connectivity index (χ3n) is 5.25. The molecule has 1 aliphatic heterocycles. The molecular weight excluding hydrogens is 465 g/mol. The second kappa shape index (κ2) is 8.93. The molecular formula is C20H28IN7. The van der Waals surface area contributed by atoms with Crippen molar-refractivity contribution in [2.45, 2.75) is 26.3 Å². The molecule has 0 amide bonds. The van der Waals surface area contributed by atoms with Crippen LogP contribution in [0, 0.1) is 12.8 Å². The average molecular weight is 493 g/mol. The van der Waals surface area contributed by atoms with E-state index in [9.17, 15) is 0 Å². The molecule has 1 atom stereocenters. The molecule has 4 heterocycles. The Morgan fingerprint density at radius 1 is 1.32 bits per heavy atom. The maximum atomic E-state index is 4.70. The van der Waals surface area contributed by atoms with E-state index in [1.54, 1.807) is 0 Å². The van der Waals surface area contributed by atoms with Gasteiger partial charge in [-0.1, -0.05) is 6.07 Å². The molecule has 3 aromatic heterocycles. The van der Waals surface area contributed by atoms with E-state index in [-0.39, 0.29) is 24.0 Å². The monoisotopic (exact) mass is 493 g/mol. The molecule has 0 aliphatic carbocycles. The number of imidazole rings is 1. The highest BCUT2D eigenvalue weighted by molar-refractivity contribution is 14.0. The van der Waals surface area contributed by atoms with Crippen molar-refractivity contribution in [2.24, 2.45) is 18.0 Å². The molecule has 3 aromatic rings. The highest BCUT2D eigenvalue weighted by atomic mass is 127. The van der Waals surface area contributed by atoms with Crippen LogP contribution in [-0.4, -0.2) is 50.2 Å². The van der Waals surface area contributed by atoms with Gasteiger partial charge >= 0.3 is 0 Å². The summed E-state index contributed by atoms with van der Waals surface area (Å²) < 4.78 is 4.00. The molecule has 0 spiro atoms. The third-order valence-corrected chi connectivity index (χ3v) is 5.25. The van der Waals surface area contributed by atoms with Gasteiger partial charge in [0.15, 0.2) is 5.96 Å². The van der Waals surface area contributed by atoms with Gasteiger partial charge in [-0.2, -0.15) is 5.10 Å². The fourth-order valence-corrected chi connectivity index (χ4v) is 3.89. The van der Waals surface area contributed by atoms with Gasteiger partial charge in [0, 0.05) is 45.3 Å². The highest BCUT2D eigenvalue weighted by Gasteiger charge is 2.25. The summed E-state index contributed by atoms with van der Waals surface area (Å²) in [4.78, 5) is 11.5. The van der Waals surface area contributed by atoms with Gasteiger partial charge in [-0.25, -0.2) is 4.98 Å². The van der Waals surface area contributed by atoms with Gasteiger partial charge in [-0.3, -0.25) is 9.67 Å². The number of rotatable bonds is 4. The van der Waals surface area contributed by atoms with E-state index in [4.69, 9.17) is 4.98 Å². The van der Waals surface area contributed by atoms with Gasteiger partial charge in [0.25, 0.3) is 0 Å². The molecule has 1 unspecified atom stereocenters. The minimum Gasteiger partial charge on any atom is -0.351 e. The van der Waals surface area contributed by atoms with Gasteiger partial charge in [0.05, 0.1) is 18.4 Å². The van der Waals surface area contributed by atoms with Gasteiger partial charge in [0.2, 0.25) is 0 Å². The summed E-state index contributed by atoms with van der Waals surface area (Å²) in [5, 5.41) is 7.75. The van der Waals surface area contributed by atoms with Crippen LogP contribution in [-0.2, 0) is 20.0 Å². The lowest BCUT2D eigenvalue weighted by atomic mass is 10.0. The van der Waals surface area contributed by atoms with Crippen molar-refractivity contribution >= 4 is 35.6 Å². The van der Waals surface area contributed by atoms with Gasteiger partial charge in [-0.05, 0) is 43.4 Å². The normalized spacial score (nSPS) is 17.2. The summed E-state index contributed by atoms with van der Waals surface area (Å²) in [5.74, 6) is 1.60. The number of halogens is 1. The fraction of sp³-hybridized carbons (Fsp3) is 0.450. The van der Waals surface area contributed by atoms with E-state index in [1.165, 1.54) is 17.7 Å². The SMILES string of the molecule is CN=C(NCc1cn2c(C)cccc2n1)N1CCC(Cc2cnn(C)c2)C1.I. The maximum Gasteiger partial charge on any atom is 0.193 e. The predicted molar refractivity (Wildman–Crippen MR) is 122 cm³/mol. The summed E-state index contributed by atoms with van der Waals surface area (Å²) in [6.45, 7) is 4.84. The van der Waals surface area contributed by atoms with Crippen LogP contribution in [0.4, 0.5) is 0 Å². The Bertz CT molecular complexity index is 959. The maximum absolute atomic E-state index is 4.70. The number of nitrogens with zero attached hydrogens (tertiary/aromatic N) is 6. The van der Waals surface area contributed by atoms with Crippen LogP contribution in [0.15, 0.2) is 41.8 Å². The molecule has 0 radical (unpaired) electrons. The van der Waals surface area contributed by atoms with Gasteiger partial charge in [0.1, 0.15) is 5.65 Å². The number of hydrogen-bond acceptors (Lipinski definition) is 3. The first-order chi connectivity index (χ1) is 13.1. The molecule has 1 saturated heterocycles. The standard InChI is InChI=1S/C20H27N7.HI/c1-15-5-4-6-19-24-18(14-27(15)19)11-22-20(21-2)26-8-7-16(13-26)9-17-10-23-25(3)12-17;/h4-6,10,12,14,16H,7-9,11,13H2,1-3H3,(H,21,22);1H. The number of aliphatic imine (C=N–C) groups is 1. The fourth-order valence-electron chi connectivity index (χ4n) is 3.89. The van der Waals surface area contributed by atoms with Crippen molar-refractivity contribution in [1.29, 1.82) is 0 Å². The molecule has 0 bridgehead atoms. The minimum absolute atomic E-state index is 0. The number of fused-ring (bicyclic) bond motifs is 1. The number of likely N-dealkylation sites (tertiary alicyclic amines) is 1. The summed E-state index contributed by atoms with van der Waals surface area (Å²) in [6, 6.07) is 6.17. The molecule has 8 heteroatoms. The number of nitrogens with one attached hydrogen (secondary N) is 1. The Morgan fingerprint density at radius 2 is 2.18 bits per heavy atom. The van der Waals surface area contributed by atoms with E-state index >= 15 is 0 Å². The second-order valence-corrected chi connectivity index (χ2v) is 7.36.